The summed E-state index contributed by atoms with van der Waals surface area (Å²) in [4.78, 5) is 5.04. The molecule has 0 saturated carbocycles. The van der Waals surface area contributed by atoms with Gasteiger partial charge in [-0.2, -0.15) is 0 Å². The standard InChI is InChI=1S/C4H4BNOS/c5-4-6-1-3(2-7)8-4/h1,7H,2H2. The predicted octanol–water partition coefficient (Wildman–Crippen LogP) is -0.571. The van der Waals surface area contributed by atoms with Crippen LogP contribution in [0.15, 0.2) is 6.20 Å². The van der Waals surface area contributed by atoms with Crippen LogP contribution in [0, 0.1) is 0 Å². The van der Waals surface area contributed by atoms with Crippen molar-refractivity contribution >= 4 is 24.1 Å². The summed E-state index contributed by atoms with van der Waals surface area (Å²) in [6.45, 7) is 0.0366. The molecule has 1 heterocycles. The van der Waals surface area contributed by atoms with Gasteiger partial charge in [-0.15, -0.1) is 11.3 Å². The lowest BCUT2D eigenvalue weighted by atomic mass is 10.2. The van der Waals surface area contributed by atoms with Crippen LogP contribution in [0.1, 0.15) is 4.88 Å². The molecular formula is C4H4BNOS. The second-order valence-electron chi connectivity index (χ2n) is 1.32. The third-order valence-electron chi connectivity index (χ3n) is 0.727. The maximum atomic E-state index is 8.47. The molecule has 1 aromatic rings. The van der Waals surface area contributed by atoms with E-state index >= 15 is 0 Å². The Kier molecular flexibility index (Phi) is 1.65. The van der Waals surface area contributed by atoms with Gasteiger partial charge in [0.2, 0.25) is 0 Å². The van der Waals surface area contributed by atoms with E-state index in [1.807, 2.05) is 0 Å². The van der Waals surface area contributed by atoms with Gasteiger partial charge in [-0.05, 0) is 0 Å². The Morgan fingerprint density at radius 3 is 2.88 bits per heavy atom. The molecule has 2 radical (unpaired) electrons. The van der Waals surface area contributed by atoms with Crippen LogP contribution in [0.4, 0.5) is 0 Å². The van der Waals surface area contributed by atoms with Crippen molar-refractivity contribution in [2.45, 2.75) is 6.61 Å². The summed E-state index contributed by atoms with van der Waals surface area (Å²) in [6, 6.07) is 0. The molecule has 8 heavy (non-hydrogen) atoms. The Balaban J connectivity index is 2.84. The van der Waals surface area contributed by atoms with E-state index in [0.717, 1.165) is 4.88 Å². The summed E-state index contributed by atoms with van der Waals surface area (Å²) in [5.74, 6) is 0. The van der Waals surface area contributed by atoms with Gasteiger partial charge in [0.1, 0.15) is 0 Å². The van der Waals surface area contributed by atoms with Crippen LogP contribution in [0.5, 0.6) is 0 Å². The van der Waals surface area contributed by atoms with Crippen LogP contribution >= 0.6 is 11.3 Å². The summed E-state index contributed by atoms with van der Waals surface area (Å²) < 4.78 is 0. The highest BCUT2D eigenvalue weighted by Crippen LogP contribution is 2.00. The minimum absolute atomic E-state index is 0.0366. The average Bonchev–Trinajstić information content (AvgIpc) is 2.14. The lowest BCUT2D eigenvalue weighted by molar-refractivity contribution is 0.285. The topological polar surface area (TPSA) is 33.1 Å². The quantitative estimate of drug-likeness (QED) is 0.509. The zero-order valence-electron chi connectivity index (χ0n) is 4.16. The first-order valence-electron chi connectivity index (χ1n) is 2.14. The summed E-state index contributed by atoms with van der Waals surface area (Å²) in [5.41, 5.74) is 0. The molecule has 0 aliphatic carbocycles. The van der Waals surface area contributed by atoms with Gasteiger partial charge in [0, 0.05) is 16.0 Å². The molecule has 1 aromatic heterocycles. The smallest absolute Gasteiger partial charge is 0.157 e. The van der Waals surface area contributed by atoms with Gasteiger partial charge in [0.15, 0.2) is 7.85 Å². The molecule has 1 rings (SSSR count). The fourth-order valence-corrected chi connectivity index (χ4v) is 0.940. The van der Waals surface area contributed by atoms with Crippen LogP contribution in [-0.4, -0.2) is 17.9 Å². The van der Waals surface area contributed by atoms with Crippen molar-refractivity contribution in [1.82, 2.24) is 4.98 Å². The maximum Gasteiger partial charge on any atom is 0.157 e. The molecule has 0 unspecified atom stereocenters. The molecular weight excluding hydrogens is 121 g/mol. The molecule has 1 N–H and O–H groups in total. The number of rotatable bonds is 1. The third kappa shape index (κ3) is 1.08. The molecule has 0 atom stereocenters. The molecule has 0 bridgehead atoms. The van der Waals surface area contributed by atoms with Crippen LogP contribution in [0.2, 0.25) is 0 Å². The van der Waals surface area contributed by atoms with Gasteiger partial charge >= 0.3 is 0 Å². The number of aliphatic hydroxyl groups excluding tert-OH is 1. The number of aliphatic hydroxyl groups is 1. The largest absolute Gasteiger partial charge is 0.391 e. The molecule has 0 amide bonds. The van der Waals surface area contributed by atoms with Crippen LogP contribution in [0.25, 0.3) is 0 Å². The zero-order valence-corrected chi connectivity index (χ0v) is 4.98. The van der Waals surface area contributed by atoms with Gasteiger partial charge in [-0.25, -0.2) is 0 Å². The predicted molar refractivity (Wildman–Crippen MR) is 33.4 cm³/mol. The van der Waals surface area contributed by atoms with E-state index in [4.69, 9.17) is 13.0 Å². The monoisotopic (exact) mass is 125 g/mol. The number of hydrogen-bond acceptors (Lipinski definition) is 3. The summed E-state index contributed by atoms with van der Waals surface area (Å²) >= 11 is 1.30. The highest BCUT2D eigenvalue weighted by atomic mass is 32.1. The van der Waals surface area contributed by atoms with Crippen molar-refractivity contribution in [3.63, 3.8) is 0 Å². The SMILES string of the molecule is [B]c1ncc(CO)s1. The highest BCUT2D eigenvalue weighted by Gasteiger charge is 1.91. The molecule has 40 valence electrons. The van der Waals surface area contributed by atoms with Crippen LogP contribution in [0.3, 0.4) is 0 Å². The number of thiazole rings is 1. The fourth-order valence-electron chi connectivity index (χ4n) is 0.396. The Bertz CT molecular complexity index is 176. The molecule has 0 fully saturated rings. The normalized spacial score (nSPS) is 9.62. The third-order valence-corrected chi connectivity index (χ3v) is 1.54. The van der Waals surface area contributed by atoms with Gasteiger partial charge in [0.05, 0.1) is 6.61 Å². The molecule has 2 nitrogen and oxygen atoms in total. The van der Waals surface area contributed by atoms with Crippen molar-refractivity contribution in [2.24, 2.45) is 0 Å². The molecule has 0 spiro atoms. The lowest BCUT2D eigenvalue weighted by Crippen LogP contribution is -1.95. The minimum Gasteiger partial charge on any atom is -0.391 e. The molecule has 4 heteroatoms. The van der Waals surface area contributed by atoms with Gasteiger partial charge in [-0.1, -0.05) is 0 Å². The zero-order chi connectivity index (χ0) is 5.98. The summed E-state index contributed by atoms with van der Waals surface area (Å²) in [7, 11) is 5.25. The van der Waals surface area contributed by atoms with Gasteiger partial charge in [-0.3, -0.25) is 4.98 Å². The van der Waals surface area contributed by atoms with Crippen LogP contribution < -0.4 is 4.91 Å². The average molecular weight is 125 g/mol. The van der Waals surface area contributed by atoms with Crippen molar-refractivity contribution < 1.29 is 5.11 Å². The highest BCUT2D eigenvalue weighted by molar-refractivity contribution is 7.19. The Labute approximate surface area is 52.6 Å². The second-order valence-corrected chi connectivity index (χ2v) is 2.47. The van der Waals surface area contributed by atoms with E-state index in [1.54, 1.807) is 6.20 Å². The first-order chi connectivity index (χ1) is 3.83. The molecule has 0 aliphatic heterocycles. The molecule has 0 aliphatic rings. The van der Waals surface area contributed by atoms with Crippen LogP contribution in [-0.2, 0) is 6.61 Å². The fraction of sp³-hybridized carbons (Fsp3) is 0.250. The summed E-state index contributed by atoms with van der Waals surface area (Å²) in [5, 5.41) is 8.47. The number of aromatic nitrogens is 1. The van der Waals surface area contributed by atoms with Gasteiger partial charge < -0.3 is 5.11 Å². The lowest BCUT2D eigenvalue weighted by Gasteiger charge is -1.78. The van der Waals surface area contributed by atoms with Crippen molar-refractivity contribution in [2.75, 3.05) is 0 Å². The van der Waals surface area contributed by atoms with Crippen molar-refractivity contribution in [3.8, 4) is 0 Å². The van der Waals surface area contributed by atoms with E-state index in [9.17, 15) is 0 Å². The van der Waals surface area contributed by atoms with E-state index in [0.29, 0.717) is 4.91 Å². The van der Waals surface area contributed by atoms with E-state index in [-0.39, 0.29) is 6.61 Å². The van der Waals surface area contributed by atoms with E-state index in [2.05, 4.69) is 4.98 Å². The summed E-state index contributed by atoms with van der Waals surface area (Å²) in [6.07, 6.45) is 1.57. The Morgan fingerprint density at radius 1 is 1.88 bits per heavy atom. The Hall–Kier alpha value is -0.345. The number of nitrogens with zero attached hydrogens (tertiary/aromatic N) is 1. The van der Waals surface area contributed by atoms with Gasteiger partial charge in [0.25, 0.3) is 0 Å². The molecule has 0 saturated heterocycles. The maximum absolute atomic E-state index is 8.47. The minimum atomic E-state index is 0.0366. The van der Waals surface area contributed by atoms with Crippen molar-refractivity contribution in [1.29, 1.82) is 0 Å². The van der Waals surface area contributed by atoms with Crippen molar-refractivity contribution in [3.05, 3.63) is 11.1 Å². The van der Waals surface area contributed by atoms with E-state index < -0.39 is 0 Å². The second kappa shape index (κ2) is 2.28. The molecule has 0 aromatic carbocycles. The Morgan fingerprint density at radius 2 is 2.62 bits per heavy atom. The first-order valence-corrected chi connectivity index (χ1v) is 2.95. The number of hydrogen-bond donors (Lipinski definition) is 1. The first kappa shape index (κ1) is 5.79. The van der Waals surface area contributed by atoms with E-state index in [1.165, 1.54) is 11.3 Å².